The van der Waals surface area contributed by atoms with Crippen LogP contribution in [0.5, 0.6) is 0 Å². The summed E-state index contributed by atoms with van der Waals surface area (Å²) in [4.78, 5) is 13.2. The lowest BCUT2D eigenvalue weighted by Gasteiger charge is -2.35. The molecule has 6 heteroatoms. The van der Waals surface area contributed by atoms with Gasteiger partial charge >= 0.3 is 5.97 Å². The molecule has 1 fully saturated rings. The molecule has 0 radical (unpaired) electrons. The smallest absolute Gasteiger partial charge is 0.348 e. The predicted molar refractivity (Wildman–Crippen MR) is 109 cm³/mol. The van der Waals surface area contributed by atoms with Gasteiger partial charge in [0, 0.05) is 24.7 Å². The Morgan fingerprint density at radius 1 is 1.18 bits per heavy atom. The van der Waals surface area contributed by atoms with Gasteiger partial charge in [0.1, 0.15) is 0 Å². The van der Waals surface area contributed by atoms with Crippen molar-refractivity contribution in [2.45, 2.75) is 38.7 Å². The van der Waals surface area contributed by atoms with E-state index in [1.807, 2.05) is 48.2 Å². The molecule has 2 aromatic carbocycles. The normalized spacial score (nSPS) is 16.8. The van der Waals surface area contributed by atoms with Gasteiger partial charge in [0.2, 0.25) is 6.23 Å². The summed E-state index contributed by atoms with van der Waals surface area (Å²) >= 11 is 6.00. The Morgan fingerprint density at radius 2 is 1.86 bits per heavy atom. The number of carboxylic acids is 1. The summed E-state index contributed by atoms with van der Waals surface area (Å²) in [5, 5.41) is 10.0. The third-order valence-electron chi connectivity index (χ3n) is 4.99. The van der Waals surface area contributed by atoms with E-state index < -0.39 is 12.2 Å². The second kappa shape index (κ2) is 10.0. The number of rotatable bonds is 8. The van der Waals surface area contributed by atoms with Crippen LogP contribution in [-0.4, -0.2) is 48.0 Å². The number of carbonyl (C=O) groups is 1. The Balaban J connectivity index is 1.58. The fourth-order valence-electron chi connectivity index (χ4n) is 3.53. The average Bonchev–Trinajstić information content (AvgIpc) is 2.72. The van der Waals surface area contributed by atoms with Crippen molar-refractivity contribution in [3.63, 3.8) is 0 Å². The van der Waals surface area contributed by atoms with Gasteiger partial charge in [0.15, 0.2) is 0 Å². The lowest BCUT2D eigenvalue weighted by molar-refractivity contribution is -0.167. The van der Waals surface area contributed by atoms with Crippen LogP contribution in [0.15, 0.2) is 48.5 Å². The van der Waals surface area contributed by atoms with Crippen molar-refractivity contribution >= 4 is 17.6 Å². The number of carboxylic acid groups (broad SMARTS) is 1. The lowest BCUT2D eigenvalue weighted by Crippen LogP contribution is -2.48. The maximum Gasteiger partial charge on any atom is 0.348 e. The van der Waals surface area contributed by atoms with E-state index in [2.05, 4.69) is 12.1 Å². The largest absolute Gasteiger partial charge is 0.478 e. The van der Waals surface area contributed by atoms with Gasteiger partial charge in [-0.15, -0.1) is 0 Å². The summed E-state index contributed by atoms with van der Waals surface area (Å²) in [5.74, 6) is -0.932. The Morgan fingerprint density at radius 3 is 2.50 bits per heavy atom. The quantitative estimate of drug-likeness (QED) is 0.706. The first-order chi connectivity index (χ1) is 13.6. The van der Waals surface area contributed by atoms with E-state index in [1.165, 1.54) is 0 Å². The topological polar surface area (TPSA) is 59.0 Å². The van der Waals surface area contributed by atoms with Crippen LogP contribution in [0.3, 0.4) is 0 Å². The van der Waals surface area contributed by atoms with Crippen molar-refractivity contribution in [1.29, 1.82) is 0 Å². The summed E-state index contributed by atoms with van der Waals surface area (Å²) < 4.78 is 11.5. The van der Waals surface area contributed by atoms with Crippen LogP contribution in [0.4, 0.5) is 0 Å². The molecule has 5 nitrogen and oxygen atoms in total. The van der Waals surface area contributed by atoms with Gasteiger partial charge in [-0.05, 0) is 48.6 Å². The number of hydrogen-bond acceptors (Lipinski definition) is 4. The van der Waals surface area contributed by atoms with Gasteiger partial charge in [-0.25, -0.2) is 4.79 Å². The molecule has 1 aliphatic rings. The monoisotopic (exact) mass is 403 g/mol. The first-order valence-electron chi connectivity index (χ1n) is 9.62. The molecule has 0 amide bonds. The van der Waals surface area contributed by atoms with Gasteiger partial charge in [-0.3, -0.25) is 4.90 Å². The zero-order valence-corrected chi connectivity index (χ0v) is 16.8. The maximum absolute atomic E-state index is 11.4. The second-order valence-corrected chi connectivity index (χ2v) is 7.29. The standard InChI is InChI=1S/C22H26ClNO4/c1-2-27-21(22(25)26)24-13-11-19(12-14-24)28-15-17-5-3-4-6-20(17)16-7-9-18(23)10-8-16/h3-10,19,21H,2,11-15H2,1H3,(H,25,26). The molecule has 1 atom stereocenters. The van der Waals surface area contributed by atoms with Crippen molar-refractivity contribution in [3.8, 4) is 11.1 Å². The molecule has 28 heavy (non-hydrogen) atoms. The summed E-state index contributed by atoms with van der Waals surface area (Å²) in [7, 11) is 0. The van der Waals surface area contributed by atoms with E-state index in [0.717, 1.165) is 34.6 Å². The molecule has 0 spiro atoms. The third-order valence-corrected chi connectivity index (χ3v) is 5.24. The first kappa shape index (κ1) is 20.8. The van der Waals surface area contributed by atoms with Crippen LogP contribution >= 0.6 is 11.6 Å². The molecule has 0 aliphatic carbocycles. The molecule has 1 unspecified atom stereocenters. The van der Waals surface area contributed by atoms with Gasteiger partial charge in [0.05, 0.1) is 12.7 Å². The minimum absolute atomic E-state index is 0.116. The van der Waals surface area contributed by atoms with E-state index in [4.69, 9.17) is 21.1 Å². The van der Waals surface area contributed by atoms with E-state index in [-0.39, 0.29) is 6.10 Å². The number of likely N-dealkylation sites (tertiary alicyclic amines) is 1. The van der Waals surface area contributed by atoms with Crippen molar-refractivity contribution in [3.05, 3.63) is 59.1 Å². The Hall–Kier alpha value is -1.92. The highest BCUT2D eigenvalue weighted by Crippen LogP contribution is 2.27. The molecular weight excluding hydrogens is 378 g/mol. The summed E-state index contributed by atoms with van der Waals surface area (Å²) in [6, 6.07) is 16.0. The van der Waals surface area contributed by atoms with Crippen molar-refractivity contribution in [2.75, 3.05) is 19.7 Å². The summed E-state index contributed by atoms with van der Waals surface area (Å²) in [5.41, 5.74) is 3.38. The lowest BCUT2D eigenvalue weighted by atomic mass is 10.00. The average molecular weight is 404 g/mol. The highest BCUT2D eigenvalue weighted by Gasteiger charge is 2.30. The van der Waals surface area contributed by atoms with Crippen LogP contribution in [0, 0.1) is 0 Å². The van der Waals surface area contributed by atoms with E-state index in [9.17, 15) is 9.90 Å². The SMILES string of the molecule is CCOC(C(=O)O)N1CCC(OCc2ccccc2-c2ccc(Cl)cc2)CC1. The van der Waals surface area contributed by atoms with Crippen LogP contribution in [0.1, 0.15) is 25.3 Å². The number of piperidine rings is 1. The summed E-state index contributed by atoms with van der Waals surface area (Å²) in [6.07, 6.45) is 0.835. The number of halogens is 1. The van der Waals surface area contributed by atoms with Gasteiger partial charge in [0.25, 0.3) is 0 Å². The number of nitrogens with zero attached hydrogens (tertiary/aromatic N) is 1. The van der Waals surface area contributed by atoms with Crippen molar-refractivity contribution < 1.29 is 19.4 Å². The maximum atomic E-state index is 11.4. The second-order valence-electron chi connectivity index (χ2n) is 6.86. The zero-order chi connectivity index (χ0) is 19.9. The Bertz CT molecular complexity index is 772. The van der Waals surface area contributed by atoms with Crippen molar-refractivity contribution in [2.24, 2.45) is 0 Å². The Labute approximate surface area is 170 Å². The molecule has 3 rings (SSSR count). The summed E-state index contributed by atoms with van der Waals surface area (Å²) in [6.45, 7) is 4.02. The number of benzene rings is 2. The molecule has 1 heterocycles. The fraction of sp³-hybridized carbons (Fsp3) is 0.409. The predicted octanol–water partition coefficient (Wildman–Crippen LogP) is 4.44. The minimum atomic E-state index is -0.932. The molecule has 0 bridgehead atoms. The molecule has 2 aromatic rings. The van der Waals surface area contributed by atoms with Crippen LogP contribution < -0.4 is 0 Å². The molecule has 1 aliphatic heterocycles. The Kier molecular flexibility index (Phi) is 7.45. The van der Waals surface area contributed by atoms with Crippen molar-refractivity contribution in [1.82, 2.24) is 4.90 Å². The molecule has 0 aromatic heterocycles. The van der Waals surface area contributed by atoms with Crippen LogP contribution in [-0.2, 0) is 20.9 Å². The highest BCUT2D eigenvalue weighted by atomic mass is 35.5. The number of ether oxygens (including phenoxy) is 2. The molecule has 1 saturated heterocycles. The third kappa shape index (κ3) is 5.32. The molecule has 150 valence electrons. The minimum Gasteiger partial charge on any atom is -0.478 e. The van der Waals surface area contributed by atoms with E-state index >= 15 is 0 Å². The van der Waals surface area contributed by atoms with Crippen LogP contribution in [0.25, 0.3) is 11.1 Å². The number of hydrogen-bond donors (Lipinski definition) is 1. The van der Waals surface area contributed by atoms with Crippen LogP contribution in [0.2, 0.25) is 5.02 Å². The van der Waals surface area contributed by atoms with E-state index in [0.29, 0.717) is 26.3 Å². The van der Waals surface area contributed by atoms with Gasteiger partial charge < -0.3 is 14.6 Å². The van der Waals surface area contributed by atoms with Gasteiger partial charge in [-0.1, -0.05) is 48.0 Å². The number of aliphatic carboxylic acids is 1. The molecule has 1 N–H and O–H groups in total. The first-order valence-corrected chi connectivity index (χ1v) is 10.00. The molecule has 0 saturated carbocycles. The molecular formula is C22H26ClNO4. The van der Waals surface area contributed by atoms with E-state index in [1.54, 1.807) is 0 Å². The fourth-order valence-corrected chi connectivity index (χ4v) is 3.66. The zero-order valence-electron chi connectivity index (χ0n) is 16.0. The van der Waals surface area contributed by atoms with Gasteiger partial charge in [-0.2, -0.15) is 0 Å². The highest BCUT2D eigenvalue weighted by molar-refractivity contribution is 6.30.